The first-order valence-electron chi connectivity index (χ1n) is 32.0. The Kier molecular flexibility index (Phi) is 60.8. The van der Waals surface area contributed by atoms with E-state index < -0.39 is 6.10 Å². The van der Waals surface area contributed by atoms with Crippen LogP contribution in [0.25, 0.3) is 0 Å². The Hall–Kier alpha value is -1.88. The van der Waals surface area contributed by atoms with E-state index >= 15 is 0 Å². The summed E-state index contributed by atoms with van der Waals surface area (Å²) in [5.74, 6) is -0.573. The number of hydrogen-bond donors (Lipinski definition) is 1. The van der Waals surface area contributed by atoms with E-state index in [2.05, 4.69) is 50.3 Å². The molecule has 0 heterocycles. The van der Waals surface area contributed by atoms with Crippen molar-refractivity contribution >= 4 is 11.9 Å². The quantitative estimate of drug-likeness (QED) is 0.0373. The number of rotatable bonds is 60. The summed E-state index contributed by atoms with van der Waals surface area (Å²) in [5, 5.41) is 9.68. The highest BCUT2D eigenvalue weighted by Gasteiger charge is 2.16. The van der Waals surface area contributed by atoms with Gasteiger partial charge in [-0.05, 0) is 51.4 Å². The van der Waals surface area contributed by atoms with Gasteiger partial charge >= 0.3 is 11.9 Å². The van der Waals surface area contributed by atoms with E-state index in [1.54, 1.807) is 0 Å². The van der Waals surface area contributed by atoms with Gasteiger partial charge in [-0.3, -0.25) is 9.59 Å². The van der Waals surface area contributed by atoms with Crippen molar-refractivity contribution in [1.82, 2.24) is 0 Å². The summed E-state index contributed by atoms with van der Waals surface area (Å²) < 4.78 is 10.7. The Balaban J connectivity index is 3.42. The van der Waals surface area contributed by atoms with Gasteiger partial charge in [-0.15, -0.1) is 0 Å². The lowest BCUT2D eigenvalue weighted by atomic mass is 10.0. The van der Waals surface area contributed by atoms with Crippen LogP contribution in [-0.4, -0.2) is 36.4 Å². The van der Waals surface area contributed by atoms with Crippen LogP contribution in [0.15, 0.2) is 36.5 Å². The SMILES string of the molecule is CCCCCCC/C=C\C/C=C\C/C=C\CCCCCCCCCCCCCCC(=O)OC(CO)COC(=O)CCCCCCCCCCCCCCCCCCCCCCCCCCCCCCCC. The van der Waals surface area contributed by atoms with Gasteiger partial charge in [0.15, 0.2) is 6.10 Å². The summed E-state index contributed by atoms with van der Waals surface area (Å²) in [6.07, 6.45) is 81.5. The molecule has 0 aromatic rings. The zero-order valence-corrected chi connectivity index (χ0v) is 48.0. The number of carbonyl (C=O) groups excluding carboxylic acids is 2. The van der Waals surface area contributed by atoms with Crippen LogP contribution in [0.1, 0.15) is 354 Å². The third kappa shape index (κ3) is 60.6. The second kappa shape index (κ2) is 62.4. The molecule has 0 aliphatic rings. The van der Waals surface area contributed by atoms with Gasteiger partial charge in [0, 0.05) is 12.8 Å². The fourth-order valence-corrected chi connectivity index (χ4v) is 9.86. The third-order valence-corrected chi connectivity index (χ3v) is 14.7. The van der Waals surface area contributed by atoms with Gasteiger partial charge in [0.05, 0.1) is 6.61 Å². The Labute approximate surface area is 444 Å². The third-order valence-electron chi connectivity index (χ3n) is 14.7. The maximum absolute atomic E-state index is 12.3. The number of aliphatic hydroxyl groups is 1. The van der Waals surface area contributed by atoms with Crippen LogP contribution in [0.5, 0.6) is 0 Å². The second-order valence-electron chi connectivity index (χ2n) is 21.9. The van der Waals surface area contributed by atoms with E-state index in [1.807, 2.05) is 0 Å². The molecule has 0 fully saturated rings. The number of esters is 2. The average molecular weight is 998 g/mol. The largest absolute Gasteiger partial charge is 0.462 e. The first-order chi connectivity index (χ1) is 35.1. The maximum Gasteiger partial charge on any atom is 0.306 e. The molecule has 5 heteroatoms. The average Bonchev–Trinajstić information content (AvgIpc) is 3.37. The van der Waals surface area contributed by atoms with Crippen molar-refractivity contribution in [1.29, 1.82) is 0 Å². The van der Waals surface area contributed by atoms with E-state index in [4.69, 9.17) is 9.47 Å². The number of aliphatic hydroxyl groups excluding tert-OH is 1. The molecule has 418 valence electrons. The standard InChI is InChI=1S/C66H124O5/c1-3-5-7-9-11-13-15-17-19-21-23-25-27-29-31-32-33-35-36-38-40-42-44-46-48-50-52-54-56-58-60-65(68)70-63-64(62-67)71-66(69)61-59-57-55-53-51-49-47-45-43-41-39-37-34-30-28-26-24-22-20-18-16-14-12-10-8-6-4-2/h16,18,22,24,28,30,64,67H,3-15,17,19-21,23,25-27,29,31-63H2,1-2H3/b18-16-,24-22-,30-28-. The van der Waals surface area contributed by atoms with Crippen molar-refractivity contribution in [2.45, 2.75) is 360 Å². The van der Waals surface area contributed by atoms with Gasteiger partial charge in [-0.25, -0.2) is 0 Å². The first kappa shape index (κ1) is 69.1. The molecule has 0 bridgehead atoms. The second-order valence-corrected chi connectivity index (χ2v) is 21.9. The zero-order valence-electron chi connectivity index (χ0n) is 48.0. The Bertz CT molecular complexity index is 1130. The summed E-state index contributed by atoms with van der Waals surface area (Å²) in [6.45, 7) is 4.18. The van der Waals surface area contributed by atoms with Crippen LogP contribution in [0.4, 0.5) is 0 Å². The van der Waals surface area contributed by atoms with Crippen molar-refractivity contribution in [2.75, 3.05) is 13.2 Å². The van der Waals surface area contributed by atoms with E-state index in [0.29, 0.717) is 12.8 Å². The van der Waals surface area contributed by atoms with Gasteiger partial charge < -0.3 is 14.6 Å². The number of hydrogen-bond acceptors (Lipinski definition) is 5. The van der Waals surface area contributed by atoms with Gasteiger partial charge in [-0.2, -0.15) is 0 Å². The monoisotopic (exact) mass is 997 g/mol. The molecule has 1 atom stereocenters. The molecule has 1 unspecified atom stereocenters. The summed E-state index contributed by atoms with van der Waals surface area (Å²) in [7, 11) is 0. The molecule has 1 N–H and O–H groups in total. The van der Waals surface area contributed by atoms with Crippen molar-refractivity contribution in [2.24, 2.45) is 0 Å². The summed E-state index contributed by atoms with van der Waals surface area (Å²) >= 11 is 0. The highest BCUT2D eigenvalue weighted by Crippen LogP contribution is 2.18. The highest BCUT2D eigenvalue weighted by molar-refractivity contribution is 5.70. The minimum Gasteiger partial charge on any atom is -0.462 e. The molecule has 0 radical (unpaired) electrons. The number of ether oxygens (including phenoxy) is 2. The van der Waals surface area contributed by atoms with Gasteiger partial charge in [0.2, 0.25) is 0 Å². The molecule has 0 saturated heterocycles. The fraction of sp³-hybridized carbons (Fsp3) is 0.879. The smallest absolute Gasteiger partial charge is 0.306 e. The van der Waals surface area contributed by atoms with E-state index in [0.717, 1.165) is 44.9 Å². The van der Waals surface area contributed by atoms with Crippen molar-refractivity contribution in [3.8, 4) is 0 Å². The normalized spacial score (nSPS) is 12.3. The minimum absolute atomic E-state index is 0.0615. The molecule has 0 aliphatic heterocycles. The molecule has 0 aliphatic carbocycles. The van der Waals surface area contributed by atoms with Crippen LogP contribution in [0.2, 0.25) is 0 Å². The summed E-state index contributed by atoms with van der Waals surface area (Å²) in [4.78, 5) is 24.6. The van der Waals surface area contributed by atoms with Crippen LogP contribution in [0, 0.1) is 0 Å². The molecule has 0 aromatic carbocycles. The summed E-state index contributed by atoms with van der Waals surface area (Å²) in [5.41, 5.74) is 0. The maximum atomic E-state index is 12.3. The van der Waals surface area contributed by atoms with Crippen molar-refractivity contribution in [3.63, 3.8) is 0 Å². The Morgan fingerprint density at radius 2 is 0.563 bits per heavy atom. The van der Waals surface area contributed by atoms with Crippen molar-refractivity contribution in [3.05, 3.63) is 36.5 Å². The molecule has 0 aromatic heterocycles. The molecular formula is C66H124O5. The molecule has 0 saturated carbocycles. The molecule has 71 heavy (non-hydrogen) atoms. The first-order valence-corrected chi connectivity index (χ1v) is 32.0. The predicted molar refractivity (Wildman–Crippen MR) is 311 cm³/mol. The molecule has 5 nitrogen and oxygen atoms in total. The molecule has 0 rings (SSSR count). The lowest BCUT2D eigenvalue weighted by Crippen LogP contribution is -2.28. The fourth-order valence-electron chi connectivity index (χ4n) is 9.86. The Morgan fingerprint density at radius 1 is 0.324 bits per heavy atom. The molecular weight excluding hydrogens is 873 g/mol. The van der Waals surface area contributed by atoms with Crippen LogP contribution in [0.3, 0.4) is 0 Å². The molecule has 0 spiro atoms. The lowest BCUT2D eigenvalue weighted by Gasteiger charge is -2.15. The van der Waals surface area contributed by atoms with Gasteiger partial charge in [0.25, 0.3) is 0 Å². The van der Waals surface area contributed by atoms with E-state index in [-0.39, 0.29) is 25.2 Å². The zero-order chi connectivity index (χ0) is 51.3. The van der Waals surface area contributed by atoms with E-state index in [1.165, 1.54) is 283 Å². The summed E-state index contributed by atoms with van der Waals surface area (Å²) in [6, 6.07) is 0. The van der Waals surface area contributed by atoms with Crippen molar-refractivity contribution < 1.29 is 24.2 Å². The predicted octanol–water partition coefficient (Wildman–Crippen LogP) is 21.8. The molecule has 0 amide bonds. The number of carbonyl (C=O) groups is 2. The number of allylic oxidation sites excluding steroid dienone is 6. The van der Waals surface area contributed by atoms with Crippen LogP contribution in [-0.2, 0) is 19.1 Å². The van der Waals surface area contributed by atoms with E-state index in [9.17, 15) is 14.7 Å². The van der Waals surface area contributed by atoms with Crippen LogP contribution < -0.4 is 0 Å². The Morgan fingerprint density at radius 3 is 0.845 bits per heavy atom. The highest BCUT2D eigenvalue weighted by atomic mass is 16.6. The number of unbranched alkanes of at least 4 members (excludes halogenated alkanes) is 46. The van der Waals surface area contributed by atoms with Crippen LogP contribution >= 0.6 is 0 Å². The lowest BCUT2D eigenvalue weighted by molar-refractivity contribution is -0.161. The minimum atomic E-state index is -0.772. The van der Waals surface area contributed by atoms with Gasteiger partial charge in [0.1, 0.15) is 6.61 Å². The van der Waals surface area contributed by atoms with Gasteiger partial charge in [-0.1, -0.05) is 326 Å². The topological polar surface area (TPSA) is 72.8 Å².